The largest absolute Gasteiger partial charge is 0.497 e. The Labute approximate surface area is 223 Å². The minimum absolute atomic E-state index is 0.0514. The van der Waals surface area contributed by atoms with E-state index in [-0.39, 0.29) is 37.5 Å². The summed E-state index contributed by atoms with van der Waals surface area (Å²) in [6.45, 7) is 3.10. The number of thiophene rings is 1. The predicted octanol–water partition coefficient (Wildman–Crippen LogP) is 4.09. The zero-order chi connectivity index (χ0) is 27.8. The molecule has 8 nitrogen and oxygen atoms in total. The summed E-state index contributed by atoms with van der Waals surface area (Å²) < 4.78 is 43.6. The van der Waals surface area contributed by atoms with Gasteiger partial charge in [-0.25, -0.2) is 4.79 Å². The van der Waals surface area contributed by atoms with Gasteiger partial charge in [0, 0.05) is 45.2 Å². The van der Waals surface area contributed by atoms with Crippen molar-refractivity contribution in [1.29, 1.82) is 0 Å². The Kier molecular flexibility index (Phi) is 7.91. The summed E-state index contributed by atoms with van der Waals surface area (Å²) >= 11 is 1.41. The molecule has 1 aromatic heterocycles. The first-order chi connectivity index (χ1) is 17.9. The monoisotopic (exact) mass is 552 g/mol. The number of amides is 4. The minimum Gasteiger partial charge on any atom is -0.497 e. The first kappa shape index (κ1) is 27.7. The lowest BCUT2D eigenvalue weighted by molar-refractivity contribution is -0.185. The Morgan fingerprint density at radius 1 is 0.974 bits per heavy atom. The molecular weight excluding hydrogens is 521 g/mol. The van der Waals surface area contributed by atoms with Gasteiger partial charge < -0.3 is 24.3 Å². The molecule has 1 aromatic carbocycles. The van der Waals surface area contributed by atoms with Gasteiger partial charge in [-0.15, -0.1) is 11.3 Å². The van der Waals surface area contributed by atoms with Crippen LogP contribution >= 0.6 is 11.3 Å². The molecule has 2 atom stereocenters. The molecule has 0 N–H and O–H groups in total. The van der Waals surface area contributed by atoms with Crippen molar-refractivity contribution in [2.24, 2.45) is 0 Å². The highest BCUT2D eigenvalue weighted by atomic mass is 32.1. The van der Waals surface area contributed by atoms with Crippen molar-refractivity contribution in [3.63, 3.8) is 0 Å². The number of carbonyl (C=O) groups is 3. The summed E-state index contributed by atoms with van der Waals surface area (Å²) in [5.74, 6) is -1.26. The van der Waals surface area contributed by atoms with Crippen molar-refractivity contribution in [1.82, 2.24) is 19.6 Å². The lowest BCUT2D eigenvalue weighted by Crippen LogP contribution is -2.47. The average molecular weight is 553 g/mol. The number of halogens is 3. The molecule has 2 aliphatic heterocycles. The molecule has 2 unspecified atom stereocenters. The van der Waals surface area contributed by atoms with Crippen molar-refractivity contribution in [2.45, 2.75) is 38.0 Å². The number of benzene rings is 1. The van der Waals surface area contributed by atoms with Gasteiger partial charge in [-0.1, -0.05) is 0 Å². The zero-order valence-electron chi connectivity index (χ0n) is 21.7. The molecule has 2 saturated heterocycles. The molecular formula is C26H31F3N4O4S. The average Bonchev–Trinajstić information content (AvgIpc) is 3.66. The highest BCUT2D eigenvalue weighted by Gasteiger charge is 2.45. The zero-order valence-corrected chi connectivity index (χ0v) is 22.6. The van der Waals surface area contributed by atoms with Gasteiger partial charge in [0.25, 0.3) is 5.91 Å². The molecule has 0 bridgehead atoms. The van der Waals surface area contributed by atoms with E-state index in [9.17, 15) is 27.6 Å². The summed E-state index contributed by atoms with van der Waals surface area (Å²) in [6.07, 6.45) is -4.05. The van der Waals surface area contributed by atoms with Crippen molar-refractivity contribution >= 4 is 29.2 Å². The summed E-state index contributed by atoms with van der Waals surface area (Å²) in [4.78, 5) is 44.8. The van der Waals surface area contributed by atoms with Crippen LogP contribution in [0.2, 0.25) is 0 Å². The molecule has 2 aromatic rings. The van der Waals surface area contributed by atoms with Crippen LogP contribution in [0.5, 0.6) is 5.75 Å². The molecule has 4 rings (SSSR count). The smallest absolute Gasteiger partial charge is 0.471 e. The lowest BCUT2D eigenvalue weighted by Gasteiger charge is -2.28. The number of methoxy groups -OCH3 is 1. The fourth-order valence-electron chi connectivity index (χ4n) is 5.01. The number of ether oxygens (including phenoxy) is 1. The summed E-state index contributed by atoms with van der Waals surface area (Å²) in [6, 6.07) is 8.40. The molecule has 38 heavy (non-hydrogen) atoms. The van der Waals surface area contributed by atoms with E-state index in [2.05, 4.69) is 0 Å². The number of urea groups is 1. The van der Waals surface area contributed by atoms with Crippen LogP contribution in [0.3, 0.4) is 0 Å². The number of likely N-dealkylation sites (N-methyl/N-ethyl adjacent to an activating group) is 2. The molecule has 2 aliphatic rings. The highest BCUT2D eigenvalue weighted by molar-refractivity contribution is 7.17. The van der Waals surface area contributed by atoms with Crippen LogP contribution in [-0.4, -0.2) is 103 Å². The molecule has 206 valence electrons. The van der Waals surface area contributed by atoms with Crippen LogP contribution in [0.4, 0.5) is 18.0 Å². The van der Waals surface area contributed by atoms with E-state index >= 15 is 0 Å². The van der Waals surface area contributed by atoms with Crippen molar-refractivity contribution < 1.29 is 32.3 Å². The van der Waals surface area contributed by atoms with Gasteiger partial charge in [-0.3, -0.25) is 9.59 Å². The number of hydrogen-bond donors (Lipinski definition) is 0. The van der Waals surface area contributed by atoms with E-state index in [4.69, 9.17) is 4.74 Å². The van der Waals surface area contributed by atoms with Crippen LogP contribution in [-0.2, 0) is 4.79 Å². The second-order valence-corrected chi connectivity index (χ2v) is 10.8. The van der Waals surface area contributed by atoms with E-state index in [1.54, 1.807) is 24.0 Å². The fraction of sp³-hybridized carbons (Fsp3) is 0.500. The summed E-state index contributed by atoms with van der Waals surface area (Å²) in [5.41, 5.74) is 2.07. The van der Waals surface area contributed by atoms with E-state index in [0.29, 0.717) is 29.3 Å². The van der Waals surface area contributed by atoms with Crippen LogP contribution in [0.25, 0.3) is 10.4 Å². The third kappa shape index (κ3) is 5.59. The third-order valence-corrected chi connectivity index (χ3v) is 8.47. The Hall–Kier alpha value is -3.28. The molecule has 4 amide bonds. The van der Waals surface area contributed by atoms with E-state index in [0.717, 1.165) is 28.8 Å². The second kappa shape index (κ2) is 10.8. The lowest BCUT2D eigenvalue weighted by atomic mass is 10.1. The normalized spacial score (nSPS) is 19.6. The standard InChI is InChI=1S/C26H31F3N4O4S/c1-16-13-19(37-4)5-6-20(16)21-7-8-22(38-21)23(34)30(2)17-9-11-32(14-17)25(36)33-12-10-18(15-33)31(3)24(35)26(27,28)29/h5-8,13,17-18H,9-12,14-15H2,1-4H3. The van der Waals surface area contributed by atoms with Crippen LogP contribution < -0.4 is 4.74 Å². The number of rotatable bonds is 5. The van der Waals surface area contributed by atoms with E-state index in [1.165, 1.54) is 16.2 Å². The quantitative estimate of drug-likeness (QED) is 0.560. The Morgan fingerprint density at radius 2 is 1.58 bits per heavy atom. The Morgan fingerprint density at radius 3 is 2.13 bits per heavy atom. The number of aryl methyl sites for hydroxylation is 1. The molecule has 0 radical (unpaired) electrons. The van der Waals surface area contributed by atoms with Crippen molar-refractivity contribution in [2.75, 3.05) is 47.4 Å². The van der Waals surface area contributed by atoms with Gasteiger partial charge in [-0.05, 0) is 61.2 Å². The highest BCUT2D eigenvalue weighted by Crippen LogP contribution is 2.33. The molecule has 0 spiro atoms. The molecule has 0 aliphatic carbocycles. The number of likely N-dealkylation sites (tertiary alicyclic amines) is 2. The topological polar surface area (TPSA) is 73.4 Å². The Balaban J connectivity index is 1.34. The fourth-order valence-corrected chi connectivity index (χ4v) is 6.09. The van der Waals surface area contributed by atoms with Crippen molar-refractivity contribution in [3.8, 4) is 16.2 Å². The first-order valence-electron chi connectivity index (χ1n) is 12.3. The minimum atomic E-state index is -4.94. The number of alkyl halides is 3. The van der Waals surface area contributed by atoms with Crippen LogP contribution in [0, 0.1) is 6.92 Å². The van der Waals surface area contributed by atoms with Gasteiger partial charge in [-0.2, -0.15) is 13.2 Å². The maximum Gasteiger partial charge on any atom is 0.471 e. The molecule has 0 saturated carbocycles. The van der Waals surface area contributed by atoms with Crippen molar-refractivity contribution in [3.05, 3.63) is 40.8 Å². The summed E-state index contributed by atoms with van der Waals surface area (Å²) in [7, 11) is 4.46. The van der Waals surface area contributed by atoms with Gasteiger partial charge in [0.15, 0.2) is 0 Å². The summed E-state index contributed by atoms with van der Waals surface area (Å²) in [5, 5.41) is 0. The van der Waals surface area contributed by atoms with Gasteiger partial charge in [0.1, 0.15) is 5.75 Å². The second-order valence-electron chi connectivity index (χ2n) is 9.73. The maximum atomic E-state index is 13.2. The first-order valence-corrected chi connectivity index (χ1v) is 13.1. The SMILES string of the molecule is COc1ccc(-c2ccc(C(=O)N(C)C3CCN(C(=O)N4CCC(N(C)C(=O)C(F)(F)F)C4)C3)s2)c(C)c1. The van der Waals surface area contributed by atoms with Crippen LogP contribution in [0.1, 0.15) is 28.1 Å². The molecule has 2 fully saturated rings. The number of carbonyl (C=O) groups excluding carboxylic acids is 3. The predicted molar refractivity (Wildman–Crippen MR) is 137 cm³/mol. The van der Waals surface area contributed by atoms with Gasteiger partial charge in [0.2, 0.25) is 0 Å². The van der Waals surface area contributed by atoms with Crippen LogP contribution in [0.15, 0.2) is 30.3 Å². The van der Waals surface area contributed by atoms with E-state index in [1.807, 2.05) is 37.3 Å². The molecule has 12 heteroatoms. The maximum absolute atomic E-state index is 13.2. The number of hydrogen-bond acceptors (Lipinski definition) is 5. The van der Waals surface area contributed by atoms with Gasteiger partial charge in [0.05, 0.1) is 24.1 Å². The Bertz CT molecular complexity index is 1220. The van der Waals surface area contributed by atoms with E-state index < -0.39 is 18.1 Å². The molecule has 3 heterocycles. The number of nitrogens with zero attached hydrogens (tertiary/aromatic N) is 4. The van der Waals surface area contributed by atoms with Gasteiger partial charge >= 0.3 is 18.1 Å². The third-order valence-electron chi connectivity index (χ3n) is 7.36.